The predicted octanol–water partition coefficient (Wildman–Crippen LogP) is 3.21. The quantitative estimate of drug-likeness (QED) is 0.235. The van der Waals surface area contributed by atoms with Gasteiger partial charge in [-0.2, -0.15) is 0 Å². The molecule has 0 radical (unpaired) electrons. The first-order chi connectivity index (χ1) is 11.3. The van der Waals surface area contributed by atoms with E-state index in [9.17, 15) is 24.5 Å². The number of nitrogens with zero attached hydrogens (tertiary/aromatic N) is 1. The van der Waals surface area contributed by atoms with Crippen LogP contribution in [0.25, 0.3) is 0 Å². The minimum Gasteiger partial charge on any atom is -0.422 e. The van der Waals surface area contributed by atoms with Crippen molar-refractivity contribution in [2.75, 3.05) is 0 Å². The van der Waals surface area contributed by atoms with Crippen molar-refractivity contribution in [3.05, 3.63) is 27.8 Å². The fourth-order valence-electron chi connectivity index (χ4n) is 1.94. The predicted molar refractivity (Wildman–Crippen MR) is 84.2 cm³/mol. The van der Waals surface area contributed by atoms with Gasteiger partial charge in [-0.3, -0.25) is 24.5 Å². The largest absolute Gasteiger partial charge is 0.422 e. The summed E-state index contributed by atoms with van der Waals surface area (Å²) in [7, 11) is 0. The van der Waals surface area contributed by atoms with E-state index in [0.29, 0.717) is 12.8 Å². The van der Waals surface area contributed by atoms with Crippen molar-refractivity contribution in [2.45, 2.75) is 46.5 Å². The van der Waals surface area contributed by atoms with E-state index < -0.39 is 34.1 Å². The first-order valence-electron chi connectivity index (χ1n) is 7.55. The summed E-state index contributed by atoms with van der Waals surface area (Å²) in [5, 5.41) is 11.4. The van der Waals surface area contributed by atoms with E-state index in [-0.39, 0.29) is 24.2 Å². The van der Waals surface area contributed by atoms with Crippen LogP contribution in [-0.2, 0) is 9.59 Å². The Labute approximate surface area is 138 Å². The zero-order chi connectivity index (χ0) is 18.3. The number of carbonyl (C=O) groups excluding carboxylic acids is 3. The molecule has 0 bridgehead atoms. The summed E-state index contributed by atoms with van der Waals surface area (Å²) < 4.78 is 10.1. The van der Waals surface area contributed by atoms with Crippen molar-refractivity contribution in [1.29, 1.82) is 0 Å². The Morgan fingerprint density at radius 2 is 1.58 bits per heavy atom. The second-order valence-electron chi connectivity index (χ2n) is 5.05. The van der Waals surface area contributed by atoms with Crippen molar-refractivity contribution < 1.29 is 28.8 Å². The number of rotatable bonds is 8. The van der Waals surface area contributed by atoms with Gasteiger partial charge in [0.1, 0.15) is 0 Å². The highest BCUT2D eigenvalue weighted by atomic mass is 16.6. The maximum atomic E-state index is 11.8. The van der Waals surface area contributed by atoms with Crippen LogP contribution in [0.5, 0.6) is 11.5 Å². The summed E-state index contributed by atoms with van der Waals surface area (Å²) in [6.45, 7) is 4.66. The summed E-state index contributed by atoms with van der Waals surface area (Å²) in [6.07, 6.45) is 1.13. The van der Waals surface area contributed by atoms with E-state index in [1.807, 2.05) is 0 Å². The molecule has 1 aromatic rings. The van der Waals surface area contributed by atoms with Gasteiger partial charge in [-0.25, -0.2) is 0 Å². The fraction of sp³-hybridized carbons (Fsp3) is 0.438. The van der Waals surface area contributed by atoms with Gasteiger partial charge in [0.2, 0.25) is 0 Å². The number of benzene rings is 1. The van der Waals surface area contributed by atoms with Crippen molar-refractivity contribution in [1.82, 2.24) is 0 Å². The standard InChI is InChI=1S/C16H19NO7/c1-4-6-13(19)23-12-9-8-11(10(3)18)15(17(21)22)16(12)24-14(20)7-5-2/h8-9H,4-7H2,1-3H3. The molecule has 0 aliphatic heterocycles. The Bertz CT molecular complexity index is 667. The Balaban J connectivity index is 3.43. The molecule has 0 aromatic heterocycles. The molecule has 8 heteroatoms. The maximum absolute atomic E-state index is 11.8. The number of Topliss-reactive ketones (excluding diaryl/α,β-unsaturated/α-hetero) is 1. The normalized spacial score (nSPS) is 10.1. The SMILES string of the molecule is CCCC(=O)Oc1ccc(C(C)=O)c([N+](=O)[O-])c1OC(=O)CCC. The minimum absolute atomic E-state index is 0.0315. The van der Waals surface area contributed by atoms with E-state index in [1.54, 1.807) is 13.8 Å². The van der Waals surface area contributed by atoms with Crippen LogP contribution in [-0.4, -0.2) is 22.6 Å². The molecule has 0 aliphatic rings. The molecule has 0 amide bonds. The van der Waals surface area contributed by atoms with Crippen LogP contribution in [0.15, 0.2) is 12.1 Å². The lowest BCUT2D eigenvalue weighted by molar-refractivity contribution is -0.386. The molecule has 0 N–H and O–H groups in total. The van der Waals surface area contributed by atoms with Gasteiger partial charge < -0.3 is 9.47 Å². The Kier molecular flexibility index (Phi) is 7.03. The third-order valence-corrected chi connectivity index (χ3v) is 3.01. The maximum Gasteiger partial charge on any atom is 0.326 e. The van der Waals surface area contributed by atoms with Gasteiger partial charge in [0, 0.05) is 12.8 Å². The van der Waals surface area contributed by atoms with Crippen LogP contribution >= 0.6 is 0 Å². The van der Waals surface area contributed by atoms with Gasteiger partial charge in [-0.05, 0) is 31.9 Å². The average Bonchev–Trinajstić information content (AvgIpc) is 2.48. The van der Waals surface area contributed by atoms with Crippen LogP contribution in [0.1, 0.15) is 56.8 Å². The Hall–Kier alpha value is -2.77. The van der Waals surface area contributed by atoms with Gasteiger partial charge in [0.25, 0.3) is 5.75 Å². The first-order valence-corrected chi connectivity index (χ1v) is 7.55. The van der Waals surface area contributed by atoms with Gasteiger partial charge >= 0.3 is 17.6 Å². The van der Waals surface area contributed by atoms with Crippen LogP contribution < -0.4 is 9.47 Å². The summed E-state index contributed by atoms with van der Waals surface area (Å²) >= 11 is 0. The van der Waals surface area contributed by atoms with E-state index in [2.05, 4.69) is 0 Å². The van der Waals surface area contributed by atoms with Gasteiger partial charge in [-0.15, -0.1) is 0 Å². The van der Waals surface area contributed by atoms with Crippen molar-refractivity contribution in [3.63, 3.8) is 0 Å². The number of nitro groups is 1. The van der Waals surface area contributed by atoms with Gasteiger partial charge in [0.05, 0.1) is 10.5 Å². The number of esters is 2. The molecule has 0 aliphatic carbocycles. The molecular formula is C16H19NO7. The molecule has 0 unspecified atom stereocenters. The lowest BCUT2D eigenvalue weighted by atomic mass is 10.1. The topological polar surface area (TPSA) is 113 Å². The second kappa shape index (κ2) is 8.76. The minimum atomic E-state index is -0.831. The molecule has 1 rings (SSSR count). The molecule has 24 heavy (non-hydrogen) atoms. The number of carbonyl (C=O) groups is 3. The van der Waals surface area contributed by atoms with Crippen molar-refractivity contribution in [2.24, 2.45) is 0 Å². The van der Waals surface area contributed by atoms with Crippen LogP contribution in [0.2, 0.25) is 0 Å². The van der Waals surface area contributed by atoms with Crippen LogP contribution in [0.4, 0.5) is 5.69 Å². The van der Waals surface area contributed by atoms with Crippen molar-refractivity contribution in [3.8, 4) is 11.5 Å². The second-order valence-corrected chi connectivity index (χ2v) is 5.05. The fourth-order valence-corrected chi connectivity index (χ4v) is 1.94. The van der Waals surface area contributed by atoms with Crippen molar-refractivity contribution >= 4 is 23.4 Å². The van der Waals surface area contributed by atoms with Gasteiger partial charge in [0.15, 0.2) is 11.5 Å². The summed E-state index contributed by atoms with van der Waals surface area (Å²) in [6, 6.07) is 2.39. The third-order valence-electron chi connectivity index (χ3n) is 3.01. The van der Waals surface area contributed by atoms with E-state index in [4.69, 9.17) is 9.47 Å². The summed E-state index contributed by atoms with van der Waals surface area (Å²) in [5.74, 6) is -2.67. The van der Waals surface area contributed by atoms with Gasteiger partial charge in [-0.1, -0.05) is 13.8 Å². The molecule has 0 heterocycles. The molecule has 0 fully saturated rings. The monoisotopic (exact) mass is 337 g/mol. The Morgan fingerprint density at radius 3 is 2.04 bits per heavy atom. The van der Waals surface area contributed by atoms with E-state index in [0.717, 1.165) is 6.92 Å². The average molecular weight is 337 g/mol. The summed E-state index contributed by atoms with van der Waals surface area (Å²) in [4.78, 5) is 45.6. The van der Waals surface area contributed by atoms with Crippen LogP contribution in [0.3, 0.4) is 0 Å². The molecule has 0 saturated heterocycles. The molecule has 0 spiro atoms. The highest BCUT2D eigenvalue weighted by Crippen LogP contribution is 2.40. The first kappa shape index (κ1) is 19.3. The van der Waals surface area contributed by atoms with Crippen LogP contribution in [0, 0.1) is 10.1 Å². The number of nitro benzene ring substituents is 1. The Morgan fingerprint density at radius 1 is 1.04 bits per heavy atom. The smallest absolute Gasteiger partial charge is 0.326 e. The molecule has 0 atom stereocenters. The number of hydrogen-bond donors (Lipinski definition) is 0. The zero-order valence-electron chi connectivity index (χ0n) is 13.8. The molecule has 0 saturated carbocycles. The lowest BCUT2D eigenvalue weighted by Gasteiger charge is -2.12. The number of hydrogen-bond acceptors (Lipinski definition) is 7. The zero-order valence-corrected chi connectivity index (χ0v) is 13.8. The van der Waals surface area contributed by atoms with E-state index >= 15 is 0 Å². The van der Waals surface area contributed by atoms with E-state index in [1.165, 1.54) is 12.1 Å². The molecule has 1 aromatic carbocycles. The molecule has 8 nitrogen and oxygen atoms in total. The summed E-state index contributed by atoms with van der Waals surface area (Å²) in [5.41, 5.74) is -0.914. The third kappa shape index (κ3) is 4.87. The molecular weight excluding hydrogens is 318 g/mol. The number of ketones is 1. The molecule has 130 valence electrons. The number of ether oxygens (including phenoxy) is 2. The highest BCUT2D eigenvalue weighted by Gasteiger charge is 2.30. The lowest BCUT2D eigenvalue weighted by Crippen LogP contribution is -2.14. The highest BCUT2D eigenvalue weighted by molar-refractivity contribution is 6.00.